The number of amides is 1. The number of aliphatic imine (C=N–C) groups is 1. The van der Waals surface area contributed by atoms with Gasteiger partial charge in [-0.25, -0.2) is 19.2 Å². The van der Waals surface area contributed by atoms with Gasteiger partial charge in [0, 0.05) is 37.6 Å². The van der Waals surface area contributed by atoms with Crippen LogP contribution in [-0.4, -0.2) is 41.8 Å². The molecule has 0 fully saturated rings. The molecule has 2 atom stereocenters. The van der Waals surface area contributed by atoms with Gasteiger partial charge in [0.1, 0.15) is 23.5 Å². The average molecular weight is 536 g/mol. The molecule has 1 amide bonds. The van der Waals surface area contributed by atoms with Crippen molar-refractivity contribution in [1.82, 2.24) is 10.9 Å². The second-order valence-electron chi connectivity index (χ2n) is 9.15. The molecule has 0 aliphatic carbocycles. The van der Waals surface area contributed by atoms with E-state index in [0.29, 0.717) is 35.8 Å². The SMILES string of the molecule is C[C@@H]1OC(c2ccc(OCCCO)cc2)=N[C@]1(C/C=C/c1ccccc1)C(=O)NNCc1cc(F)cc(F)c1. The van der Waals surface area contributed by atoms with Crippen LogP contribution in [0.1, 0.15) is 36.5 Å². The van der Waals surface area contributed by atoms with Crippen LogP contribution < -0.4 is 15.6 Å². The molecule has 0 saturated carbocycles. The highest BCUT2D eigenvalue weighted by Gasteiger charge is 2.49. The summed E-state index contributed by atoms with van der Waals surface area (Å²) >= 11 is 0. The van der Waals surface area contributed by atoms with Crippen LogP contribution in [0.4, 0.5) is 8.78 Å². The van der Waals surface area contributed by atoms with Crippen LogP contribution in [-0.2, 0) is 16.1 Å². The van der Waals surface area contributed by atoms with Gasteiger partial charge in [-0.05, 0) is 54.4 Å². The predicted octanol–water partition coefficient (Wildman–Crippen LogP) is 4.55. The number of aliphatic hydroxyl groups is 1. The maximum atomic E-state index is 13.5. The van der Waals surface area contributed by atoms with E-state index in [1.807, 2.05) is 42.5 Å². The first-order valence-corrected chi connectivity index (χ1v) is 12.7. The van der Waals surface area contributed by atoms with Crippen LogP contribution in [0.3, 0.4) is 0 Å². The third-order valence-corrected chi connectivity index (χ3v) is 6.28. The first-order valence-electron chi connectivity index (χ1n) is 12.7. The Morgan fingerprint density at radius 3 is 2.51 bits per heavy atom. The summed E-state index contributed by atoms with van der Waals surface area (Å²) in [4.78, 5) is 18.3. The fraction of sp³-hybridized carbons (Fsp3) is 0.267. The van der Waals surface area contributed by atoms with Crippen molar-refractivity contribution < 1.29 is 28.2 Å². The summed E-state index contributed by atoms with van der Waals surface area (Å²) in [5.41, 5.74) is 6.11. The number of nitrogens with zero attached hydrogens (tertiary/aromatic N) is 1. The van der Waals surface area contributed by atoms with Crippen molar-refractivity contribution in [3.8, 4) is 5.75 Å². The first kappa shape index (κ1) is 27.9. The van der Waals surface area contributed by atoms with E-state index in [-0.39, 0.29) is 19.6 Å². The number of hydrazine groups is 1. The Kier molecular flexibility index (Phi) is 9.40. The van der Waals surface area contributed by atoms with Gasteiger partial charge in [0.2, 0.25) is 5.90 Å². The molecule has 0 aromatic heterocycles. The van der Waals surface area contributed by atoms with Gasteiger partial charge in [-0.2, -0.15) is 0 Å². The lowest BCUT2D eigenvalue weighted by atomic mass is 9.89. The molecular weight excluding hydrogens is 504 g/mol. The number of hydrogen-bond donors (Lipinski definition) is 3. The molecule has 9 heteroatoms. The molecule has 3 aromatic rings. The van der Waals surface area contributed by atoms with Crippen LogP contribution in [0.15, 0.2) is 83.9 Å². The van der Waals surface area contributed by atoms with Crippen LogP contribution in [0.5, 0.6) is 5.75 Å². The van der Waals surface area contributed by atoms with Gasteiger partial charge in [0.25, 0.3) is 5.91 Å². The summed E-state index contributed by atoms with van der Waals surface area (Å²) in [5, 5.41) is 8.93. The minimum Gasteiger partial charge on any atom is -0.494 e. The molecule has 3 aromatic carbocycles. The van der Waals surface area contributed by atoms with Crippen LogP contribution in [0.2, 0.25) is 0 Å². The summed E-state index contributed by atoms with van der Waals surface area (Å²) in [6.45, 7) is 2.24. The van der Waals surface area contributed by atoms with Crippen molar-refractivity contribution in [3.63, 3.8) is 0 Å². The van der Waals surface area contributed by atoms with Crippen molar-refractivity contribution in [2.45, 2.75) is 38.0 Å². The quantitative estimate of drug-likeness (QED) is 0.234. The summed E-state index contributed by atoms with van der Waals surface area (Å²) in [5.74, 6) is -0.870. The highest BCUT2D eigenvalue weighted by atomic mass is 19.1. The fourth-order valence-corrected chi connectivity index (χ4v) is 4.17. The van der Waals surface area contributed by atoms with E-state index in [1.54, 1.807) is 31.2 Å². The Morgan fingerprint density at radius 2 is 1.82 bits per heavy atom. The van der Waals surface area contributed by atoms with E-state index in [0.717, 1.165) is 11.6 Å². The van der Waals surface area contributed by atoms with Gasteiger partial charge in [0.05, 0.1) is 6.61 Å². The molecule has 0 saturated heterocycles. The normalized spacial score (nSPS) is 18.6. The lowest BCUT2D eigenvalue weighted by molar-refractivity contribution is -0.129. The number of nitrogens with one attached hydrogen (secondary N) is 2. The highest BCUT2D eigenvalue weighted by molar-refractivity contribution is 6.00. The highest BCUT2D eigenvalue weighted by Crippen LogP contribution is 2.33. The van der Waals surface area contributed by atoms with E-state index in [9.17, 15) is 13.6 Å². The Morgan fingerprint density at radius 1 is 1.10 bits per heavy atom. The molecule has 1 aliphatic heterocycles. The minimum absolute atomic E-state index is 0.0138. The number of carbonyl (C=O) groups is 1. The smallest absolute Gasteiger partial charge is 0.266 e. The van der Waals surface area contributed by atoms with Crippen LogP contribution in [0.25, 0.3) is 6.08 Å². The molecule has 0 spiro atoms. The Hall–Kier alpha value is -4.08. The largest absolute Gasteiger partial charge is 0.494 e. The molecule has 204 valence electrons. The van der Waals surface area contributed by atoms with E-state index in [2.05, 4.69) is 10.9 Å². The number of hydrogen-bond acceptors (Lipinski definition) is 6. The first-order chi connectivity index (χ1) is 18.9. The number of rotatable bonds is 12. The van der Waals surface area contributed by atoms with E-state index in [4.69, 9.17) is 19.6 Å². The molecule has 1 aliphatic rings. The molecule has 1 heterocycles. The Bertz CT molecular complexity index is 1300. The number of carbonyl (C=O) groups excluding carboxylic acids is 1. The maximum Gasteiger partial charge on any atom is 0.266 e. The zero-order chi connectivity index (χ0) is 27.7. The molecule has 0 bridgehead atoms. The molecule has 7 nitrogen and oxygen atoms in total. The number of ether oxygens (including phenoxy) is 2. The molecular formula is C30H31F2N3O4. The average Bonchev–Trinajstić information content (AvgIpc) is 3.26. The third kappa shape index (κ3) is 7.28. The van der Waals surface area contributed by atoms with Gasteiger partial charge in [-0.1, -0.05) is 42.5 Å². The van der Waals surface area contributed by atoms with Crippen molar-refractivity contribution in [3.05, 3.63) is 107 Å². The lowest BCUT2D eigenvalue weighted by Crippen LogP contribution is -2.54. The molecule has 0 unspecified atom stereocenters. The predicted molar refractivity (Wildman–Crippen MR) is 145 cm³/mol. The van der Waals surface area contributed by atoms with E-state index < -0.39 is 29.2 Å². The van der Waals surface area contributed by atoms with Gasteiger partial charge >= 0.3 is 0 Å². The Balaban J connectivity index is 1.53. The zero-order valence-corrected chi connectivity index (χ0v) is 21.6. The van der Waals surface area contributed by atoms with Crippen molar-refractivity contribution >= 4 is 17.9 Å². The summed E-state index contributed by atoms with van der Waals surface area (Å²) in [6.07, 6.45) is 3.96. The van der Waals surface area contributed by atoms with Crippen molar-refractivity contribution in [1.29, 1.82) is 0 Å². The minimum atomic E-state index is -1.29. The van der Waals surface area contributed by atoms with Gasteiger partial charge < -0.3 is 14.6 Å². The Labute approximate surface area is 226 Å². The summed E-state index contributed by atoms with van der Waals surface area (Å²) < 4.78 is 38.7. The van der Waals surface area contributed by atoms with Gasteiger partial charge in [0.15, 0.2) is 5.54 Å². The number of benzene rings is 3. The second-order valence-corrected chi connectivity index (χ2v) is 9.15. The second kappa shape index (κ2) is 13.1. The topological polar surface area (TPSA) is 92.2 Å². The monoisotopic (exact) mass is 535 g/mol. The number of halogens is 2. The van der Waals surface area contributed by atoms with Crippen molar-refractivity contribution in [2.75, 3.05) is 13.2 Å². The zero-order valence-electron chi connectivity index (χ0n) is 21.6. The standard InChI is InChI=1S/C30H31F2N3O4/c1-21-30(14-5-9-22-7-3-2-4-8-22,29(37)35-33-20-23-17-25(31)19-26(32)18-23)34-28(39-21)24-10-12-27(13-11-24)38-16-6-15-36/h2-5,7-13,17-19,21,33,36H,6,14-16,20H2,1H3,(H,35,37)/b9-5+/t21-,30-/m0/s1. The van der Waals surface area contributed by atoms with Crippen LogP contribution in [0, 0.1) is 11.6 Å². The van der Waals surface area contributed by atoms with E-state index in [1.165, 1.54) is 12.1 Å². The molecule has 39 heavy (non-hydrogen) atoms. The van der Waals surface area contributed by atoms with Crippen LogP contribution >= 0.6 is 0 Å². The third-order valence-electron chi connectivity index (χ3n) is 6.28. The summed E-state index contributed by atoms with van der Waals surface area (Å²) in [6, 6.07) is 20.0. The summed E-state index contributed by atoms with van der Waals surface area (Å²) in [7, 11) is 0. The van der Waals surface area contributed by atoms with Crippen molar-refractivity contribution in [2.24, 2.45) is 4.99 Å². The molecule has 3 N–H and O–H groups in total. The van der Waals surface area contributed by atoms with Gasteiger partial charge in [-0.15, -0.1) is 0 Å². The lowest BCUT2D eigenvalue weighted by Gasteiger charge is -2.27. The van der Waals surface area contributed by atoms with E-state index >= 15 is 0 Å². The van der Waals surface area contributed by atoms with Gasteiger partial charge in [-0.3, -0.25) is 10.2 Å². The molecule has 0 radical (unpaired) electrons. The molecule has 4 rings (SSSR count). The number of aliphatic hydroxyl groups excluding tert-OH is 1. The fourth-order valence-electron chi connectivity index (χ4n) is 4.17. The maximum absolute atomic E-state index is 13.5.